The number of fused-ring (bicyclic) bond motifs is 1. The van der Waals surface area contributed by atoms with Crippen LogP contribution >= 0.6 is 0 Å². The first-order valence-electron chi connectivity index (χ1n) is 7.05. The van der Waals surface area contributed by atoms with Gasteiger partial charge >= 0.3 is 0 Å². The van der Waals surface area contributed by atoms with Crippen molar-refractivity contribution < 1.29 is 14.3 Å². The van der Waals surface area contributed by atoms with E-state index < -0.39 is 0 Å². The summed E-state index contributed by atoms with van der Waals surface area (Å²) in [6, 6.07) is 15.4. The van der Waals surface area contributed by atoms with Gasteiger partial charge in [-0.1, -0.05) is 30.3 Å². The number of hydrogen-bond donors (Lipinski definition) is 1. The van der Waals surface area contributed by atoms with Crippen LogP contribution in [-0.2, 0) is 10.2 Å². The van der Waals surface area contributed by atoms with Gasteiger partial charge in [0.05, 0.1) is 5.41 Å². The van der Waals surface area contributed by atoms with Crippen molar-refractivity contribution in [2.75, 3.05) is 12.1 Å². The van der Waals surface area contributed by atoms with E-state index in [0.29, 0.717) is 5.75 Å². The van der Waals surface area contributed by atoms with E-state index in [0.717, 1.165) is 29.8 Å². The predicted octanol–water partition coefficient (Wildman–Crippen LogP) is 3.09. The summed E-state index contributed by atoms with van der Waals surface area (Å²) in [6.45, 7) is 0.237. The summed E-state index contributed by atoms with van der Waals surface area (Å²) in [5, 5.41) is 3.00. The fraction of sp³-hybridized carbons (Fsp3) is 0.235. The molecule has 0 aromatic heterocycles. The standard InChI is InChI=1S/C17H15NO3/c19-16(17(8-9-17)12-4-2-1-3-5-12)18-13-6-7-14-15(10-13)21-11-20-14/h1-7,10H,8-9,11H2,(H,18,19). The SMILES string of the molecule is O=C(Nc1ccc2c(c1)OCO2)C1(c2ccccc2)CC1. The molecule has 0 saturated heterocycles. The van der Waals surface area contributed by atoms with E-state index in [9.17, 15) is 4.79 Å². The Balaban J connectivity index is 1.56. The van der Waals surface area contributed by atoms with Gasteiger partial charge in [0.1, 0.15) is 0 Å². The number of ether oxygens (including phenoxy) is 2. The first-order valence-corrected chi connectivity index (χ1v) is 7.05. The molecular weight excluding hydrogens is 266 g/mol. The predicted molar refractivity (Wildman–Crippen MR) is 78.5 cm³/mol. The summed E-state index contributed by atoms with van der Waals surface area (Å²) in [7, 11) is 0. The third kappa shape index (κ3) is 2.03. The molecule has 21 heavy (non-hydrogen) atoms. The molecule has 1 saturated carbocycles. The summed E-state index contributed by atoms with van der Waals surface area (Å²) in [6.07, 6.45) is 1.79. The maximum absolute atomic E-state index is 12.6. The van der Waals surface area contributed by atoms with E-state index in [1.54, 1.807) is 6.07 Å². The van der Waals surface area contributed by atoms with Gasteiger partial charge in [-0.05, 0) is 30.5 Å². The second-order valence-corrected chi connectivity index (χ2v) is 5.47. The van der Waals surface area contributed by atoms with E-state index in [-0.39, 0.29) is 18.1 Å². The minimum atomic E-state index is -0.363. The van der Waals surface area contributed by atoms with Gasteiger partial charge in [-0.2, -0.15) is 0 Å². The Morgan fingerprint density at radius 2 is 1.76 bits per heavy atom. The molecule has 2 aromatic rings. The van der Waals surface area contributed by atoms with Crippen molar-refractivity contribution in [2.24, 2.45) is 0 Å². The average molecular weight is 281 g/mol. The summed E-state index contributed by atoms with van der Waals surface area (Å²) in [5.41, 5.74) is 1.46. The van der Waals surface area contributed by atoms with Crippen molar-refractivity contribution in [1.82, 2.24) is 0 Å². The van der Waals surface area contributed by atoms with E-state index in [1.165, 1.54) is 0 Å². The second kappa shape index (κ2) is 4.52. The molecule has 106 valence electrons. The molecular formula is C17H15NO3. The molecule has 2 aromatic carbocycles. The molecule has 1 fully saturated rings. The lowest BCUT2D eigenvalue weighted by Gasteiger charge is -2.16. The Bertz CT molecular complexity index is 692. The highest BCUT2D eigenvalue weighted by atomic mass is 16.7. The molecule has 1 aliphatic carbocycles. The Morgan fingerprint density at radius 1 is 1.00 bits per heavy atom. The lowest BCUT2D eigenvalue weighted by Crippen LogP contribution is -2.27. The quantitative estimate of drug-likeness (QED) is 0.940. The summed E-state index contributed by atoms with van der Waals surface area (Å²) in [4.78, 5) is 12.6. The zero-order chi connectivity index (χ0) is 14.3. The number of nitrogens with one attached hydrogen (secondary N) is 1. The fourth-order valence-electron chi connectivity index (χ4n) is 2.75. The molecule has 4 rings (SSSR count). The van der Waals surface area contributed by atoms with Crippen LogP contribution in [0.25, 0.3) is 0 Å². The van der Waals surface area contributed by atoms with Crippen LogP contribution in [0.4, 0.5) is 5.69 Å². The van der Waals surface area contributed by atoms with E-state index >= 15 is 0 Å². The Morgan fingerprint density at radius 3 is 2.52 bits per heavy atom. The maximum atomic E-state index is 12.6. The van der Waals surface area contributed by atoms with Crippen molar-refractivity contribution in [3.05, 3.63) is 54.1 Å². The molecule has 0 radical (unpaired) electrons. The largest absolute Gasteiger partial charge is 0.454 e. The van der Waals surface area contributed by atoms with Crippen LogP contribution in [0.1, 0.15) is 18.4 Å². The highest BCUT2D eigenvalue weighted by molar-refractivity contribution is 6.01. The van der Waals surface area contributed by atoms with E-state index in [2.05, 4.69) is 5.32 Å². The van der Waals surface area contributed by atoms with Gasteiger partial charge < -0.3 is 14.8 Å². The van der Waals surface area contributed by atoms with Crippen molar-refractivity contribution in [2.45, 2.75) is 18.3 Å². The van der Waals surface area contributed by atoms with Gasteiger partial charge in [0, 0.05) is 11.8 Å². The number of amides is 1. The van der Waals surface area contributed by atoms with Crippen LogP contribution in [0.3, 0.4) is 0 Å². The zero-order valence-electron chi connectivity index (χ0n) is 11.5. The number of hydrogen-bond acceptors (Lipinski definition) is 3. The van der Waals surface area contributed by atoms with Crippen molar-refractivity contribution in [1.29, 1.82) is 0 Å². The maximum Gasteiger partial charge on any atom is 0.235 e. The van der Waals surface area contributed by atoms with Gasteiger partial charge in [-0.15, -0.1) is 0 Å². The highest BCUT2D eigenvalue weighted by Crippen LogP contribution is 2.49. The van der Waals surface area contributed by atoms with E-state index in [4.69, 9.17) is 9.47 Å². The monoisotopic (exact) mass is 281 g/mol. The van der Waals surface area contributed by atoms with Gasteiger partial charge in [-0.3, -0.25) is 4.79 Å². The summed E-state index contributed by atoms with van der Waals surface area (Å²) in [5.74, 6) is 1.45. The van der Waals surface area contributed by atoms with Crippen LogP contribution < -0.4 is 14.8 Å². The number of rotatable bonds is 3. The van der Waals surface area contributed by atoms with Crippen LogP contribution in [0.2, 0.25) is 0 Å². The summed E-state index contributed by atoms with van der Waals surface area (Å²) < 4.78 is 10.6. The first kappa shape index (κ1) is 12.3. The van der Waals surface area contributed by atoms with Gasteiger partial charge in [0.15, 0.2) is 11.5 Å². The summed E-state index contributed by atoms with van der Waals surface area (Å²) >= 11 is 0. The van der Waals surface area contributed by atoms with Gasteiger partial charge in [-0.25, -0.2) is 0 Å². The molecule has 1 heterocycles. The average Bonchev–Trinajstić information content (AvgIpc) is 3.21. The Kier molecular flexibility index (Phi) is 2.64. The second-order valence-electron chi connectivity index (χ2n) is 5.47. The molecule has 2 aliphatic rings. The minimum Gasteiger partial charge on any atom is -0.454 e. The molecule has 0 bridgehead atoms. The van der Waals surface area contributed by atoms with Crippen LogP contribution in [0.15, 0.2) is 48.5 Å². The third-order valence-corrected chi connectivity index (χ3v) is 4.14. The Hall–Kier alpha value is -2.49. The van der Waals surface area contributed by atoms with Crippen LogP contribution in [0, 0.1) is 0 Å². The molecule has 1 aliphatic heterocycles. The molecule has 1 amide bonds. The molecule has 0 atom stereocenters. The van der Waals surface area contributed by atoms with Crippen molar-refractivity contribution in [3.63, 3.8) is 0 Å². The highest BCUT2D eigenvalue weighted by Gasteiger charge is 2.51. The number of carbonyl (C=O) groups excluding carboxylic acids is 1. The van der Waals surface area contributed by atoms with Crippen molar-refractivity contribution >= 4 is 11.6 Å². The normalized spacial score (nSPS) is 17.3. The zero-order valence-corrected chi connectivity index (χ0v) is 11.5. The molecule has 4 nitrogen and oxygen atoms in total. The fourth-order valence-corrected chi connectivity index (χ4v) is 2.75. The van der Waals surface area contributed by atoms with E-state index in [1.807, 2.05) is 42.5 Å². The van der Waals surface area contributed by atoms with Crippen LogP contribution in [-0.4, -0.2) is 12.7 Å². The minimum absolute atomic E-state index is 0.0487. The lowest BCUT2D eigenvalue weighted by atomic mass is 9.95. The van der Waals surface area contributed by atoms with Gasteiger partial charge in [0.25, 0.3) is 0 Å². The molecule has 0 unspecified atom stereocenters. The number of anilines is 1. The molecule has 1 N–H and O–H groups in total. The van der Waals surface area contributed by atoms with Crippen LogP contribution in [0.5, 0.6) is 11.5 Å². The smallest absolute Gasteiger partial charge is 0.235 e. The third-order valence-electron chi connectivity index (χ3n) is 4.14. The Labute approximate surface area is 122 Å². The number of benzene rings is 2. The van der Waals surface area contributed by atoms with Crippen molar-refractivity contribution in [3.8, 4) is 11.5 Å². The first-order chi connectivity index (χ1) is 10.3. The lowest BCUT2D eigenvalue weighted by molar-refractivity contribution is -0.118. The molecule has 4 heteroatoms. The molecule has 0 spiro atoms. The topological polar surface area (TPSA) is 47.6 Å². The number of carbonyl (C=O) groups is 1. The van der Waals surface area contributed by atoms with Gasteiger partial charge in [0.2, 0.25) is 12.7 Å².